The minimum atomic E-state index is -1.07. The molecule has 3 aliphatic heterocycles. The van der Waals surface area contributed by atoms with E-state index < -0.39 is 59.2 Å². The van der Waals surface area contributed by atoms with Crippen LogP contribution in [0.4, 0.5) is 9.93 Å². The topological polar surface area (TPSA) is 203 Å². The summed E-state index contributed by atoms with van der Waals surface area (Å²) < 4.78 is 15.5. The highest BCUT2D eigenvalue weighted by Crippen LogP contribution is 2.41. The molecule has 216 valence electrons. The third kappa shape index (κ3) is 5.99. The maximum absolute atomic E-state index is 13.2. The van der Waals surface area contributed by atoms with Crippen molar-refractivity contribution >= 4 is 63.8 Å². The fourth-order valence-electron chi connectivity index (χ4n) is 3.76. The molecule has 0 saturated carbocycles. The number of nitrogens with one attached hydrogen (secondary N) is 1. The number of oxime groups is 1. The summed E-state index contributed by atoms with van der Waals surface area (Å²) in [4.78, 5) is 69.9. The fourth-order valence-corrected chi connectivity index (χ4v) is 5.64. The Hall–Kier alpha value is -3.86. The summed E-state index contributed by atoms with van der Waals surface area (Å²) in [7, 11) is 0. The van der Waals surface area contributed by atoms with Crippen molar-refractivity contribution < 1.29 is 43.4 Å². The van der Waals surface area contributed by atoms with Crippen molar-refractivity contribution in [2.24, 2.45) is 10.6 Å². The second-order valence-electron chi connectivity index (χ2n) is 9.96. The van der Waals surface area contributed by atoms with Gasteiger partial charge < -0.3 is 35.4 Å². The number of carbonyl (C=O) groups is 5. The third-order valence-corrected chi connectivity index (χ3v) is 8.10. The lowest BCUT2D eigenvalue weighted by molar-refractivity contribution is -0.173. The first-order valence-electron chi connectivity index (χ1n) is 12.1. The molecule has 3 aliphatic rings. The molecule has 0 aliphatic carbocycles. The molecule has 2 saturated heterocycles. The first-order chi connectivity index (χ1) is 18.9. The van der Waals surface area contributed by atoms with E-state index in [1.54, 1.807) is 20.8 Å². The number of aromatic nitrogens is 1. The summed E-state index contributed by atoms with van der Waals surface area (Å²) >= 11 is 2.26. The average molecular weight is 597 g/mol. The molecule has 2 atom stereocenters. The van der Waals surface area contributed by atoms with E-state index >= 15 is 0 Å². The van der Waals surface area contributed by atoms with Gasteiger partial charge in [-0.3, -0.25) is 19.3 Å². The van der Waals surface area contributed by atoms with Gasteiger partial charge in [-0.25, -0.2) is 14.6 Å². The molecule has 4 N–H and O–H groups in total. The zero-order valence-electron chi connectivity index (χ0n) is 21.9. The van der Waals surface area contributed by atoms with Crippen LogP contribution < -0.4 is 11.1 Å². The number of amides is 3. The van der Waals surface area contributed by atoms with Crippen LogP contribution in [0.25, 0.3) is 0 Å². The number of ether oxygens (including phenoxy) is 3. The molecule has 1 unspecified atom stereocenters. The number of anilines is 1. The van der Waals surface area contributed by atoms with Crippen LogP contribution in [0.5, 0.6) is 0 Å². The Morgan fingerprint density at radius 1 is 1.23 bits per heavy atom. The van der Waals surface area contributed by atoms with Crippen molar-refractivity contribution in [3.63, 3.8) is 0 Å². The number of fused-ring (bicyclic) bond motifs is 1. The van der Waals surface area contributed by atoms with Gasteiger partial charge in [0, 0.05) is 29.8 Å². The third-order valence-electron chi connectivity index (χ3n) is 6.08. The number of nitrogens with two attached hydrogens (primary N) is 1. The van der Waals surface area contributed by atoms with Crippen LogP contribution in [0.2, 0.25) is 0 Å². The van der Waals surface area contributed by atoms with Crippen molar-refractivity contribution in [1.82, 2.24) is 20.1 Å². The molecule has 2 fully saturated rings. The number of esters is 2. The normalized spacial score (nSPS) is 20.7. The summed E-state index contributed by atoms with van der Waals surface area (Å²) in [5, 5.41) is 15.7. The molecule has 4 rings (SSSR count). The molecule has 15 nitrogen and oxygen atoms in total. The summed E-state index contributed by atoms with van der Waals surface area (Å²) in [6.45, 7) is 5.09. The van der Waals surface area contributed by atoms with Crippen LogP contribution in [0, 0.1) is 5.41 Å². The van der Waals surface area contributed by atoms with Gasteiger partial charge in [0.05, 0.1) is 5.41 Å². The van der Waals surface area contributed by atoms with Gasteiger partial charge in [0.25, 0.3) is 11.8 Å². The van der Waals surface area contributed by atoms with E-state index in [-0.39, 0.29) is 28.9 Å². The number of carbonyl (C=O) groups excluding carboxylic acids is 5. The Bertz CT molecular complexity index is 1280. The predicted octanol–water partition coefficient (Wildman–Crippen LogP) is 0.490. The molecule has 40 heavy (non-hydrogen) atoms. The van der Waals surface area contributed by atoms with E-state index in [4.69, 9.17) is 19.9 Å². The minimum absolute atomic E-state index is 0.0303. The molecule has 0 aromatic carbocycles. The van der Waals surface area contributed by atoms with Gasteiger partial charge in [0.2, 0.25) is 6.79 Å². The van der Waals surface area contributed by atoms with Crippen LogP contribution in [0.1, 0.15) is 32.9 Å². The highest BCUT2D eigenvalue weighted by Gasteiger charge is 2.55. The summed E-state index contributed by atoms with van der Waals surface area (Å²) in [6, 6.07) is -1.07. The Labute approximate surface area is 236 Å². The van der Waals surface area contributed by atoms with Crippen molar-refractivity contribution in [3.05, 3.63) is 22.3 Å². The number of hydrogen-bond acceptors (Lipinski definition) is 14. The Kier molecular flexibility index (Phi) is 8.53. The molecular formula is C23H28N6O9S2. The van der Waals surface area contributed by atoms with Gasteiger partial charge >= 0.3 is 18.0 Å². The van der Waals surface area contributed by atoms with Gasteiger partial charge in [-0.2, -0.15) is 0 Å². The van der Waals surface area contributed by atoms with E-state index in [1.807, 2.05) is 0 Å². The van der Waals surface area contributed by atoms with Crippen molar-refractivity contribution in [2.75, 3.05) is 38.0 Å². The lowest BCUT2D eigenvalue weighted by Gasteiger charge is -2.49. The fraction of sp³-hybridized carbons (Fsp3) is 0.522. The lowest BCUT2D eigenvalue weighted by atomic mass is 9.98. The summed E-state index contributed by atoms with van der Waals surface area (Å²) in [5.74, 6) is -2.91. The van der Waals surface area contributed by atoms with Crippen molar-refractivity contribution in [3.8, 4) is 0 Å². The molecular weight excluding hydrogens is 568 g/mol. The van der Waals surface area contributed by atoms with E-state index in [2.05, 4.69) is 15.5 Å². The molecule has 0 spiro atoms. The SMILES string of the molecule is CC(C)(C)C(=O)OCOC(=O)C1=C(COC(=O)N2CCC2)CS[C@@H]2C(NC(=O)/C(=N/O)c3csc(N)n3)C(=O)N12. The first kappa shape index (κ1) is 29.1. The zero-order valence-corrected chi connectivity index (χ0v) is 23.5. The van der Waals surface area contributed by atoms with Crippen LogP contribution in [-0.2, 0) is 33.4 Å². The summed E-state index contributed by atoms with van der Waals surface area (Å²) in [5.41, 5.74) is 4.51. The van der Waals surface area contributed by atoms with Gasteiger partial charge in [-0.1, -0.05) is 5.16 Å². The number of β-lactam (4-membered cyclic amide) rings is 1. The predicted molar refractivity (Wildman–Crippen MR) is 141 cm³/mol. The van der Waals surface area contributed by atoms with Crippen LogP contribution in [0.15, 0.2) is 21.8 Å². The number of hydrogen-bond donors (Lipinski definition) is 3. The number of rotatable bonds is 8. The molecule has 0 bridgehead atoms. The molecule has 17 heteroatoms. The zero-order chi connectivity index (χ0) is 29.2. The number of thioether (sulfide) groups is 1. The van der Waals surface area contributed by atoms with E-state index in [9.17, 15) is 29.2 Å². The van der Waals surface area contributed by atoms with Crippen LogP contribution in [0.3, 0.4) is 0 Å². The van der Waals surface area contributed by atoms with Gasteiger partial charge in [0.1, 0.15) is 29.4 Å². The Morgan fingerprint density at radius 2 is 1.95 bits per heavy atom. The lowest BCUT2D eigenvalue weighted by Crippen LogP contribution is -2.71. The Balaban J connectivity index is 1.48. The second kappa shape index (κ2) is 11.7. The largest absolute Gasteiger partial charge is 0.445 e. The standard InChI is InChI=1S/C23H28N6O9S2/c1-23(2,3)20(33)38-10-37-19(32)15-11(7-36-22(34)28-5-4-6-28)8-39-18-14(17(31)29(15)18)26-16(30)13(27-35)12-9-40-21(24)25-12/h9,14,18,35H,4-8,10H2,1-3H3,(H2,24,25)(H,26,30)/b27-13+/t14?,18-/m1/s1. The summed E-state index contributed by atoms with van der Waals surface area (Å²) in [6.07, 6.45) is 0.324. The highest BCUT2D eigenvalue weighted by atomic mass is 32.2. The van der Waals surface area contributed by atoms with Gasteiger partial charge in [-0.15, -0.1) is 23.1 Å². The molecule has 4 heterocycles. The molecule has 1 aromatic heterocycles. The maximum atomic E-state index is 13.2. The van der Waals surface area contributed by atoms with E-state index in [1.165, 1.54) is 22.0 Å². The quantitative estimate of drug-likeness (QED) is 0.0937. The van der Waals surface area contributed by atoms with Crippen molar-refractivity contribution in [1.29, 1.82) is 0 Å². The highest BCUT2D eigenvalue weighted by molar-refractivity contribution is 8.00. The number of nitrogens with zero attached hydrogens (tertiary/aromatic N) is 4. The minimum Gasteiger partial charge on any atom is -0.445 e. The smallest absolute Gasteiger partial charge is 0.410 e. The number of likely N-dealkylation sites (tertiary alicyclic amines) is 1. The maximum Gasteiger partial charge on any atom is 0.410 e. The van der Waals surface area contributed by atoms with Gasteiger partial charge in [0.15, 0.2) is 10.8 Å². The monoisotopic (exact) mass is 596 g/mol. The van der Waals surface area contributed by atoms with Gasteiger partial charge in [-0.05, 0) is 27.2 Å². The first-order valence-corrected chi connectivity index (χ1v) is 14.0. The van der Waals surface area contributed by atoms with Crippen LogP contribution in [-0.4, -0.2) is 99.2 Å². The van der Waals surface area contributed by atoms with Crippen molar-refractivity contribution in [2.45, 2.75) is 38.6 Å². The second-order valence-corrected chi connectivity index (χ2v) is 12.0. The van der Waals surface area contributed by atoms with E-state index in [0.29, 0.717) is 18.7 Å². The average Bonchev–Trinajstić information content (AvgIpc) is 3.29. The van der Waals surface area contributed by atoms with E-state index in [0.717, 1.165) is 22.7 Å². The Morgan fingerprint density at radius 3 is 2.52 bits per heavy atom. The number of nitrogen functional groups attached to an aromatic ring is 1. The van der Waals surface area contributed by atoms with Crippen LogP contribution >= 0.6 is 23.1 Å². The number of thiazole rings is 1. The molecule has 1 aromatic rings. The molecule has 3 amide bonds. The molecule has 0 radical (unpaired) electrons.